The Bertz CT molecular complexity index is 558. The summed E-state index contributed by atoms with van der Waals surface area (Å²) in [7, 11) is 0. The van der Waals surface area contributed by atoms with Crippen LogP contribution >= 0.6 is 11.6 Å². The molecule has 1 heterocycles. The van der Waals surface area contributed by atoms with Crippen LogP contribution in [-0.4, -0.2) is 15.2 Å². The fraction of sp³-hybridized carbons (Fsp3) is 0.385. The molecule has 0 spiro atoms. The highest BCUT2D eigenvalue weighted by atomic mass is 35.5. The Morgan fingerprint density at radius 3 is 2.83 bits per heavy atom. The van der Waals surface area contributed by atoms with E-state index in [1.807, 2.05) is 12.1 Å². The number of hydrogen-bond acceptors (Lipinski definition) is 3. The number of nitrogens with zero attached hydrogens (tertiary/aromatic N) is 2. The Morgan fingerprint density at radius 2 is 2.06 bits per heavy atom. The van der Waals surface area contributed by atoms with Crippen molar-refractivity contribution in [3.05, 3.63) is 29.0 Å². The number of rotatable bonds is 2. The van der Waals surface area contributed by atoms with E-state index in [2.05, 4.69) is 15.2 Å². The predicted molar refractivity (Wildman–Crippen MR) is 72.5 cm³/mol. The molecule has 1 fully saturated rings. The molecule has 0 bridgehead atoms. The highest BCUT2D eigenvalue weighted by Gasteiger charge is 2.21. The van der Waals surface area contributed by atoms with E-state index >= 15 is 0 Å². The van der Waals surface area contributed by atoms with Gasteiger partial charge >= 0.3 is 0 Å². The van der Waals surface area contributed by atoms with Gasteiger partial charge in [-0.05, 0) is 25.0 Å². The number of hydrogen-bond donors (Lipinski definition) is 2. The van der Waals surface area contributed by atoms with Crippen LogP contribution < -0.4 is 5.73 Å². The van der Waals surface area contributed by atoms with E-state index in [1.54, 1.807) is 6.07 Å². The zero-order valence-electron chi connectivity index (χ0n) is 9.99. The molecule has 18 heavy (non-hydrogen) atoms. The van der Waals surface area contributed by atoms with Crippen molar-refractivity contribution in [1.29, 1.82) is 0 Å². The second-order valence-corrected chi connectivity index (χ2v) is 5.13. The summed E-state index contributed by atoms with van der Waals surface area (Å²) in [5, 5.41) is 7.83. The minimum atomic E-state index is 0.520. The van der Waals surface area contributed by atoms with Gasteiger partial charge in [0.1, 0.15) is 5.82 Å². The van der Waals surface area contributed by atoms with Crippen LogP contribution in [0.5, 0.6) is 0 Å². The number of halogens is 1. The third-order valence-electron chi connectivity index (χ3n) is 3.54. The third kappa shape index (κ3) is 1.97. The maximum absolute atomic E-state index is 6.01. The van der Waals surface area contributed by atoms with Crippen molar-refractivity contribution in [2.24, 2.45) is 0 Å². The van der Waals surface area contributed by atoms with Crippen molar-refractivity contribution in [3.8, 4) is 11.4 Å². The molecule has 2 aromatic rings. The summed E-state index contributed by atoms with van der Waals surface area (Å²) in [6, 6.07) is 5.52. The van der Waals surface area contributed by atoms with Crippen molar-refractivity contribution in [2.75, 3.05) is 5.73 Å². The second kappa shape index (κ2) is 4.61. The molecule has 0 aliphatic heterocycles. The van der Waals surface area contributed by atoms with E-state index in [1.165, 1.54) is 25.7 Å². The Labute approximate surface area is 111 Å². The summed E-state index contributed by atoms with van der Waals surface area (Å²) < 4.78 is 0. The van der Waals surface area contributed by atoms with Gasteiger partial charge in [0, 0.05) is 11.5 Å². The quantitative estimate of drug-likeness (QED) is 0.816. The Hall–Kier alpha value is -1.55. The first-order chi connectivity index (χ1) is 8.75. The highest BCUT2D eigenvalue weighted by molar-refractivity contribution is 6.33. The molecule has 0 unspecified atom stereocenters. The smallest absolute Gasteiger partial charge is 0.183 e. The van der Waals surface area contributed by atoms with E-state index in [-0.39, 0.29) is 0 Å². The molecular weight excluding hydrogens is 248 g/mol. The van der Waals surface area contributed by atoms with Gasteiger partial charge in [-0.15, -0.1) is 0 Å². The Kier molecular flexibility index (Phi) is 2.96. The molecule has 1 saturated carbocycles. The van der Waals surface area contributed by atoms with Gasteiger partial charge in [0.05, 0.1) is 10.7 Å². The second-order valence-electron chi connectivity index (χ2n) is 4.73. The number of nitrogen functional groups attached to an aromatic ring is 1. The molecule has 0 saturated heterocycles. The van der Waals surface area contributed by atoms with Gasteiger partial charge in [-0.25, -0.2) is 4.98 Å². The van der Waals surface area contributed by atoms with Crippen LogP contribution in [0, 0.1) is 0 Å². The SMILES string of the molecule is Nc1c(Cl)cccc1-c1n[nH]c(C2CCCC2)n1. The largest absolute Gasteiger partial charge is 0.397 e. The van der Waals surface area contributed by atoms with Crippen LogP contribution in [0.2, 0.25) is 5.02 Å². The molecular formula is C13H15ClN4. The lowest BCUT2D eigenvalue weighted by molar-refractivity contribution is 0.672. The number of anilines is 1. The maximum atomic E-state index is 6.01. The summed E-state index contributed by atoms with van der Waals surface area (Å²) in [5.41, 5.74) is 7.28. The zero-order chi connectivity index (χ0) is 12.5. The van der Waals surface area contributed by atoms with Crippen molar-refractivity contribution in [3.63, 3.8) is 0 Å². The molecule has 94 valence electrons. The number of nitrogens with two attached hydrogens (primary N) is 1. The van der Waals surface area contributed by atoms with Gasteiger partial charge in [-0.3, -0.25) is 5.10 Å². The fourth-order valence-electron chi connectivity index (χ4n) is 2.51. The van der Waals surface area contributed by atoms with Gasteiger partial charge in [-0.1, -0.05) is 30.5 Å². The van der Waals surface area contributed by atoms with E-state index in [4.69, 9.17) is 17.3 Å². The number of benzene rings is 1. The van der Waals surface area contributed by atoms with Gasteiger partial charge in [0.15, 0.2) is 5.82 Å². The van der Waals surface area contributed by atoms with Crippen LogP contribution in [0.1, 0.15) is 37.4 Å². The van der Waals surface area contributed by atoms with Crippen LogP contribution in [0.3, 0.4) is 0 Å². The number of aromatic nitrogens is 3. The lowest BCUT2D eigenvalue weighted by atomic mass is 10.1. The standard InChI is InChI=1S/C13H15ClN4/c14-10-7-3-6-9(11(10)15)13-16-12(17-18-13)8-4-1-2-5-8/h3,6-8H,1-2,4-5,15H2,(H,16,17,18). The Morgan fingerprint density at radius 1 is 1.28 bits per heavy atom. The summed E-state index contributed by atoms with van der Waals surface area (Å²) in [5.74, 6) is 2.13. The molecule has 1 aromatic carbocycles. The van der Waals surface area contributed by atoms with E-state index in [0.29, 0.717) is 22.5 Å². The lowest BCUT2D eigenvalue weighted by Crippen LogP contribution is -1.95. The molecule has 1 aliphatic rings. The van der Waals surface area contributed by atoms with E-state index in [9.17, 15) is 0 Å². The van der Waals surface area contributed by atoms with Crippen molar-refractivity contribution in [1.82, 2.24) is 15.2 Å². The van der Waals surface area contributed by atoms with Gasteiger partial charge < -0.3 is 5.73 Å². The van der Waals surface area contributed by atoms with Crippen molar-refractivity contribution < 1.29 is 0 Å². The molecule has 3 N–H and O–H groups in total. The zero-order valence-corrected chi connectivity index (χ0v) is 10.7. The first-order valence-corrected chi connectivity index (χ1v) is 6.60. The summed E-state index contributed by atoms with van der Waals surface area (Å²) >= 11 is 6.01. The molecule has 4 nitrogen and oxygen atoms in total. The average Bonchev–Trinajstić information content (AvgIpc) is 3.01. The van der Waals surface area contributed by atoms with Gasteiger partial charge in [0.2, 0.25) is 0 Å². The average molecular weight is 263 g/mol. The highest BCUT2D eigenvalue weighted by Crippen LogP contribution is 2.34. The number of aromatic amines is 1. The summed E-state index contributed by atoms with van der Waals surface area (Å²) in [6.45, 7) is 0. The topological polar surface area (TPSA) is 67.6 Å². The van der Waals surface area contributed by atoms with Crippen LogP contribution in [0.25, 0.3) is 11.4 Å². The van der Waals surface area contributed by atoms with Crippen LogP contribution in [-0.2, 0) is 0 Å². The monoisotopic (exact) mass is 262 g/mol. The molecule has 1 aliphatic carbocycles. The molecule has 0 atom stereocenters. The van der Waals surface area contributed by atoms with E-state index in [0.717, 1.165) is 11.4 Å². The molecule has 1 aromatic heterocycles. The number of para-hydroxylation sites is 1. The Balaban J connectivity index is 1.95. The minimum absolute atomic E-state index is 0.520. The first kappa shape index (κ1) is 11.5. The van der Waals surface area contributed by atoms with Crippen molar-refractivity contribution >= 4 is 17.3 Å². The first-order valence-electron chi connectivity index (χ1n) is 6.22. The minimum Gasteiger partial charge on any atom is -0.397 e. The maximum Gasteiger partial charge on any atom is 0.183 e. The normalized spacial score (nSPS) is 16.3. The van der Waals surface area contributed by atoms with Crippen LogP contribution in [0.4, 0.5) is 5.69 Å². The summed E-state index contributed by atoms with van der Waals surface area (Å²) in [4.78, 5) is 4.56. The molecule has 0 amide bonds. The third-order valence-corrected chi connectivity index (χ3v) is 3.87. The number of nitrogens with one attached hydrogen (secondary N) is 1. The summed E-state index contributed by atoms with van der Waals surface area (Å²) in [6.07, 6.45) is 4.94. The van der Waals surface area contributed by atoms with Crippen molar-refractivity contribution in [2.45, 2.75) is 31.6 Å². The fourth-order valence-corrected chi connectivity index (χ4v) is 2.68. The van der Waals surface area contributed by atoms with Gasteiger partial charge in [0.25, 0.3) is 0 Å². The van der Waals surface area contributed by atoms with E-state index < -0.39 is 0 Å². The molecule has 0 radical (unpaired) electrons. The molecule has 3 rings (SSSR count). The molecule has 5 heteroatoms. The predicted octanol–water partition coefficient (Wildman–Crippen LogP) is 3.36. The van der Waals surface area contributed by atoms with Crippen LogP contribution in [0.15, 0.2) is 18.2 Å². The number of H-pyrrole nitrogens is 1. The lowest BCUT2D eigenvalue weighted by Gasteiger charge is -2.03. The van der Waals surface area contributed by atoms with Gasteiger partial charge in [-0.2, -0.15) is 5.10 Å².